The normalized spacial score (nSPS) is 15.6. The summed E-state index contributed by atoms with van der Waals surface area (Å²) in [5.74, 6) is 5.14. The van der Waals surface area contributed by atoms with E-state index in [0.29, 0.717) is 181 Å². The lowest BCUT2D eigenvalue weighted by Crippen LogP contribution is -2.42. The molecule has 0 bridgehead atoms. The van der Waals surface area contributed by atoms with Gasteiger partial charge in [-0.25, -0.2) is 29.9 Å². The Kier molecular flexibility index (Phi) is 60.6. The van der Waals surface area contributed by atoms with Crippen molar-refractivity contribution in [2.45, 2.75) is 270 Å². The molecule has 6 saturated heterocycles. The number of nitrogens with zero attached hydrogens (tertiary/aromatic N) is 14. The second kappa shape index (κ2) is 68.8. The summed E-state index contributed by atoms with van der Waals surface area (Å²) in [5, 5.41) is 61.6. The van der Waals surface area contributed by atoms with E-state index in [1.54, 1.807) is 63.0 Å². The minimum Gasteiger partial charge on any atom is -0.481 e. The number of hydrogen-bond acceptors (Lipinski definition) is 32. The van der Waals surface area contributed by atoms with Crippen molar-refractivity contribution in [2.24, 2.45) is 41.2 Å². The Balaban J connectivity index is 0.000000357. The molecule has 37 nitrogen and oxygen atoms in total. The molecule has 6 aliphatic heterocycles. The smallest absolute Gasteiger partial charge is 0.312 e. The summed E-state index contributed by atoms with van der Waals surface area (Å²) in [5.41, 5.74) is 9.77. The number of anilines is 6. The van der Waals surface area contributed by atoms with Gasteiger partial charge < -0.3 is 74.3 Å². The number of nitrogens with two attached hydrogens (primary N) is 1. The first-order valence-corrected chi connectivity index (χ1v) is 52.4. The van der Waals surface area contributed by atoms with Crippen molar-refractivity contribution in [3.63, 3.8) is 0 Å². The topological polar surface area (TPSA) is 474 Å². The second-order valence-electron chi connectivity index (χ2n) is 39.4. The fourth-order valence-electron chi connectivity index (χ4n) is 15.9. The van der Waals surface area contributed by atoms with Gasteiger partial charge in [0.05, 0.1) is 50.0 Å². The lowest BCUT2D eigenvalue weighted by Gasteiger charge is -2.37. The molecular formula is C104H157Br2Cl2N17O20. The fraction of sp³-hybridized carbons (Fsp3) is 0.625. The highest BCUT2D eigenvalue weighted by molar-refractivity contribution is 9.10. The quantitative estimate of drug-likeness (QED) is 0.0124. The van der Waals surface area contributed by atoms with Gasteiger partial charge >= 0.3 is 28.7 Å². The van der Waals surface area contributed by atoms with Gasteiger partial charge in [-0.3, -0.25) is 59.6 Å². The van der Waals surface area contributed by atoms with E-state index in [1.165, 1.54) is 57.2 Å². The zero-order valence-corrected chi connectivity index (χ0v) is 93.0. The van der Waals surface area contributed by atoms with Crippen LogP contribution in [-0.4, -0.2) is 233 Å². The molecule has 0 aliphatic carbocycles. The Morgan fingerprint density at radius 2 is 0.814 bits per heavy atom. The number of hydrogen-bond donors (Lipinski definition) is 4. The number of ether oxygens (including phenoxy) is 6. The molecule has 0 saturated carbocycles. The number of aromatic nitrogens is 6. The predicted molar refractivity (Wildman–Crippen MR) is 579 cm³/mol. The van der Waals surface area contributed by atoms with Gasteiger partial charge in [0.25, 0.3) is 0 Å². The molecule has 806 valence electrons. The van der Waals surface area contributed by atoms with Gasteiger partial charge in [-0.15, -0.1) is 0 Å². The van der Waals surface area contributed by atoms with Gasteiger partial charge in [0.2, 0.25) is 22.6 Å². The van der Waals surface area contributed by atoms with E-state index in [-0.39, 0.29) is 96.4 Å². The summed E-state index contributed by atoms with van der Waals surface area (Å²) in [6.07, 6.45) is 23.8. The van der Waals surface area contributed by atoms with E-state index in [9.17, 15) is 69.5 Å². The second-order valence-corrected chi connectivity index (χ2v) is 42.0. The number of pyridine rings is 6. The van der Waals surface area contributed by atoms with E-state index in [2.05, 4.69) is 170 Å². The van der Waals surface area contributed by atoms with Crippen LogP contribution in [0, 0.1) is 76.0 Å². The maximum atomic E-state index is 11.7. The van der Waals surface area contributed by atoms with E-state index in [1.807, 2.05) is 39.8 Å². The van der Waals surface area contributed by atoms with Crippen molar-refractivity contribution in [3.05, 3.63) is 174 Å². The van der Waals surface area contributed by atoms with Crippen molar-refractivity contribution in [1.29, 1.82) is 0 Å². The van der Waals surface area contributed by atoms with Crippen molar-refractivity contribution in [1.82, 2.24) is 35.2 Å². The van der Waals surface area contributed by atoms with Gasteiger partial charge in [0, 0.05) is 218 Å². The summed E-state index contributed by atoms with van der Waals surface area (Å²) < 4.78 is 33.2. The molecule has 0 spiro atoms. The average Bonchev–Trinajstić information content (AvgIpc) is 0.798. The fourth-order valence-corrected chi connectivity index (χ4v) is 16.8. The molecule has 6 fully saturated rings. The summed E-state index contributed by atoms with van der Waals surface area (Å²) >= 11 is 17.7. The number of aliphatic carboxylic acids is 1. The van der Waals surface area contributed by atoms with E-state index >= 15 is 0 Å². The van der Waals surface area contributed by atoms with Crippen molar-refractivity contribution in [2.75, 3.05) is 143 Å². The number of nitro groups is 4. The maximum Gasteiger partial charge on any atom is 0.312 e. The van der Waals surface area contributed by atoms with Crippen LogP contribution in [0.1, 0.15) is 257 Å². The zero-order valence-electron chi connectivity index (χ0n) is 88.3. The highest BCUT2D eigenvalue weighted by Crippen LogP contribution is 2.40. The van der Waals surface area contributed by atoms with E-state index in [4.69, 9.17) is 62.3 Å². The molecule has 0 radical (unpaired) electrons. The first-order chi connectivity index (χ1) is 68.6. The molecule has 41 heteroatoms. The van der Waals surface area contributed by atoms with Crippen molar-refractivity contribution >= 4 is 147 Å². The van der Waals surface area contributed by atoms with Crippen LogP contribution in [0.15, 0.2) is 106 Å². The van der Waals surface area contributed by atoms with Crippen molar-refractivity contribution in [3.8, 4) is 0 Å². The number of carboxylic acid groups (broad SMARTS) is 1. The number of nitrogens with one attached hydrogen (secondary N) is 2. The minimum atomic E-state index is -0.825. The van der Waals surface area contributed by atoms with Crippen molar-refractivity contribution < 1.29 is 77.2 Å². The molecule has 5 N–H and O–H groups in total. The number of carbonyl (C=O) groups excluding carboxylic acids is 4. The third-order valence-corrected chi connectivity index (χ3v) is 24.4. The molecule has 6 aromatic rings. The number of carbonyl (C=O) groups is 5. The monoisotopic (exact) mass is 2190 g/mol. The summed E-state index contributed by atoms with van der Waals surface area (Å²) in [6, 6.07) is 13.2. The highest BCUT2D eigenvalue weighted by Gasteiger charge is 2.35. The zero-order chi connectivity index (χ0) is 108. The largest absolute Gasteiger partial charge is 0.481 e. The lowest BCUT2D eigenvalue weighted by atomic mass is 9.97. The SMILES string of the molecule is CC(=O)/C=C(\C)c1cnc(N(CC(C)C)C2CCOCC2)c([N+](=O)[O-])c1.CC(=O)C=C(C)C.CC(=O)C[C@@H](C)c1cnc(N(CC(C)C)C2CCOCC2)c([N+](=O)[O-])c1.CC(C)CN.CC(C)CN(c1ncc(Br)cc1[N+](=O)[O-])C1CCOCC1.CC(C)CN(c1ncc([C@H](C)CC(=O)O)cc1Nc1ccc(Cl)cn1)C1CCOCC1.CC(C)CNC1CCOCC1.O=C1CCOCC1.O=[N+]([O-])c1cc(Br)cnc1Cl. The number of carboxylic acids is 1. The van der Waals surface area contributed by atoms with Crippen LogP contribution < -0.4 is 36.0 Å². The van der Waals surface area contributed by atoms with Gasteiger partial charge in [-0.1, -0.05) is 126 Å². The molecule has 0 amide bonds. The Morgan fingerprint density at radius 1 is 0.455 bits per heavy atom. The molecule has 6 aromatic heterocycles. The van der Waals surface area contributed by atoms with Crippen LogP contribution in [0.2, 0.25) is 10.2 Å². The van der Waals surface area contributed by atoms with Crippen LogP contribution in [0.5, 0.6) is 0 Å². The third-order valence-electron chi connectivity index (χ3n) is 23.0. The first-order valence-electron chi connectivity index (χ1n) is 50.1. The predicted octanol–water partition coefficient (Wildman–Crippen LogP) is 22.1. The molecule has 145 heavy (non-hydrogen) atoms. The molecule has 2 atom stereocenters. The van der Waals surface area contributed by atoms with E-state index < -0.39 is 10.9 Å². The molecule has 0 aromatic carbocycles. The third kappa shape index (κ3) is 50.3. The average molecular weight is 2200 g/mol. The minimum absolute atomic E-state index is 0.0186. The van der Waals surface area contributed by atoms with Crippen LogP contribution in [0.3, 0.4) is 0 Å². The standard InChI is InChI=1S/C23H31ClN4O3.C19H29N3O4.C19H27N3O4.C14H20BrN3O3.C9H19NO.C6H10O.C5H2BrClN2O2.C5H8O2.C4H11N/c1-15(2)14-28(19-6-8-31-9-7-19)23-20(27-21-5-4-18(24)13-25-21)11-17(12-26-23)16(3)10-22(29)30;2*1-13(2)12-21(17-5-7-26-8-6-17)19-18(22(24)25)10-16(11-20-19)14(3)9-15(4)23;1-10(2)9-17(12-3-5-21-6-4-12)14-13(18(19)20)7-11(15)8-16-14;1-8(2)7-10-9-3-5-11-6-4-9;1-5(2)4-6(3)7;6-3-1-4(9(10)11)5(7)8-2-3;6-5-1-3-7-4-2-5;1-4(2)3-5/h4-5,11-13,15-16,19H,6-10,14H2,1-3H3,(H,25,27)(H,29,30);10-11,13-14,17H,5-9,12H2,1-4H3;9-11,13,17H,5-8,12H2,1-4H3;7-8,10,12H,3-6,9H2,1-2H3;8-10H,3-7H2,1-2H3;4H,1-3H3;1-2H;1-4H2;4H,3,5H2,1-2H3/b;;14-9+;;;;;;/t16-;14-;;;;;;;/m11......./s1. The van der Waals surface area contributed by atoms with Crippen LogP contribution in [0.4, 0.5) is 57.5 Å². The Bertz CT molecular complexity index is 5020. The Morgan fingerprint density at radius 3 is 1.16 bits per heavy atom. The number of rotatable bonds is 35. The molecule has 12 heterocycles. The first kappa shape index (κ1) is 128. The lowest BCUT2D eigenvalue weighted by molar-refractivity contribution is -0.385. The number of allylic oxidation sites excluding steroid dienone is 4. The van der Waals surface area contributed by atoms with Gasteiger partial charge in [-0.2, -0.15) is 0 Å². The van der Waals surface area contributed by atoms with E-state index in [0.717, 1.165) is 138 Å². The summed E-state index contributed by atoms with van der Waals surface area (Å²) in [7, 11) is 0. The van der Waals surface area contributed by atoms with Gasteiger partial charge in [0.1, 0.15) is 17.4 Å². The summed E-state index contributed by atoms with van der Waals surface area (Å²) in [6.45, 7) is 53.2. The van der Waals surface area contributed by atoms with Gasteiger partial charge in [0.15, 0.2) is 17.4 Å². The molecule has 12 rings (SSSR count). The number of Topliss-reactive ketones (excluding diaryl/α,β-unsaturated/α-hetero) is 2. The molecule has 0 unspecified atom stereocenters. The number of ketones is 4. The Labute approximate surface area is 882 Å². The van der Waals surface area contributed by atoms with Gasteiger partial charge in [-0.05, 0) is 245 Å². The van der Waals surface area contributed by atoms with Crippen LogP contribution in [-0.2, 0) is 52.4 Å². The van der Waals surface area contributed by atoms with Crippen LogP contribution in [0.25, 0.3) is 5.57 Å². The highest BCUT2D eigenvalue weighted by atomic mass is 79.9. The number of halogens is 4. The van der Waals surface area contributed by atoms with Crippen LogP contribution >= 0.6 is 55.1 Å². The molecular weight excluding hydrogens is 2040 g/mol. The molecule has 6 aliphatic rings. The summed E-state index contributed by atoms with van der Waals surface area (Å²) in [4.78, 5) is 132. The Hall–Kier alpha value is -9.65. The maximum absolute atomic E-state index is 11.7.